The van der Waals surface area contributed by atoms with Crippen molar-refractivity contribution in [1.29, 1.82) is 5.26 Å². The number of rotatable bonds is 17. The number of aliphatic carboxylic acids is 1. The summed E-state index contributed by atoms with van der Waals surface area (Å²) in [6.45, 7) is 7.62. The number of nitro benzene ring substituents is 1. The number of benzene rings is 2. The Morgan fingerprint density at radius 1 is 1.12 bits per heavy atom. The maximum absolute atomic E-state index is 13.0. The monoisotopic (exact) mass is 628 g/mol. The van der Waals surface area contributed by atoms with Gasteiger partial charge in [-0.25, -0.2) is 0 Å². The van der Waals surface area contributed by atoms with Gasteiger partial charge >= 0.3 is 5.97 Å². The van der Waals surface area contributed by atoms with Crippen molar-refractivity contribution in [2.45, 2.75) is 59.3 Å². The van der Waals surface area contributed by atoms with Crippen LogP contribution in [0.3, 0.4) is 0 Å². The molecule has 2 rings (SSSR count). The molecule has 2 aromatic carbocycles. The summed E-state index contributed by atoms with van der Waals surface area (Å²) in [7, 11) is 0. The molecule has 0 heterocycles. The Labute approximate surface area is 248 Å². The van der Waals surface area contributed by atoms with Crippen LogP contribution in [0.1, 0.15) is 64.9 Å². The van der Waals surface area contributed by atoms with Crippen molar-refractivity contribution in [3.8, 4) is 6.07 Å². The van der Waals surface area contributed by atoms with Gasteiger partial charge in [-0.2, -0.15) is 5.26 Å². The average molecular weight is 630 g/mol. The smallest absolute Gasteiger partial charge is 0.307 e. The number of unbranched alkanes of at least 4 members (excludes halogenated alkanes) is 3. The van der Waals surface area contributed by atoms with Gasteiger partial charge < -0.3 is 15.3 Å². The van der Waals surface area contributed by atoms with E-state index in [-0.39, 0.29) is 29.8 Å². The molecule has 0 saturated heterocycles. The number of carbonyl (C=O) groups excluding carboxylic acids is 1. The third-order valence-electron chi connectivity index (χ3n) is 6.48. The minimum Gasteiger partial charge on any atom is -0.481 e. The lowest BCUT2D eigenvalue weighted by atomic mass is 10.0. The molecule has 2 aromatic rings. The minimum absolute atomic E-state index is 0.0379. The van der Waals surface area contributed by atoms with Crippen LogP contribution < -0.4 is 21.1 Å². The van der Waals surface area contributed by atoms with Crippen molar-refractivity contribution in [1.82, 2.24) is 0 Å². The number of carboxylic acid groups (broad SMARTS) is 1. The van der Waals surface area contributed by atoms with Crippen LogP contribution in [0.15, 0.2) is 47.0 Å². The van der Waals surface area contributed by atoms with Gasteiger partial charge in [0.25, 0.3) is 5.69 Å². The van der Waals surface area contributed by atoms with Gasteiger partial charge in [0.05, 0.1) is 37.9 Å². The van der Waals surface area contributed by atoms with Gasteiger partial charge in [-0.1, -0.05) is 31.9 Å². The summed E-state index contributed by atoms with van der Waals surface area (Å²) in [5.74, 6) is -2.36. The number of anilines is 4. The summed E-state index contributed by atoms with van der Waals surface area (Å²) in [4.78, 5) is 37.6. The van der Waals surface area contributed by atoms with Gasteiger partial charge in [0.1, 0.15) is 6.07 Å². The number of hydrogen-bond acceptors (Lipinski definition) is 8. The van der Waals surface area contributed by atoms with E-state index in [0.717, 1.165) is 50.5 Å². The number of allylic oxidation sites excluding steroid dienone is 2. The van der Waals surface area contributed by atoms with Crippen molar-refractivity contribution >= 4 is 56.2 Å². The Bertz CT molecular complexity index is 1290. The molecule has 12 heteroatoms. The summed E-state index contributed by atoms with van der Waals surface area (Å²) in [5.41, 5.74) is 7.67. The van der Waals surface area contributed by atoms with E-state index >= 15 is 0 Å². The predicted octanol–water partition coefficient (Wildman–Crippen LogP) is 7.07. The van der Waals surface area contributed by atoms with Gasteiger partial charge in [0.15, 0.2) is 0 Å². The van der Waals surface area contributed by atoms with E-state index in [1.54, 1.807) is 12.1 Å². The van der Waals surface area contributed by atoms with Crippen molar-refractivity contribution < 1.29 is 19.6 Å². The molecule has 1 atom stereocenters. The highest BCUT2D eigenvalue weighted by Gasteiger charge is 2.21. The van der Waals surface area contributed by atoms with Gasteiger partial charge in [0.2, 0.25) is 5.91 Å². The molecular weight excluding hydrogens is 592 g/mol. The normalized spacial score (nSPS) is 11.5. The van der Waals surface area contributed by atoms with Gasteiger partial charge in [-0.15, -0.1) is 0 Å². The maximum Gasteiger partial charge on any atom is 0.307 e. The SMILES string of the molecule is CCCCC/C=C/CC(CC(=O)Nc1cc(N(CC)CC)ccc1NNc1c(Br)cc([N+](=O)[O-])cc1C#N)C(=O)O. The van der Waals surface area contributed by atoms with Crippen LogP contribution in [0.25, 0.3) is 0 Å². The van der Waals surface area contributed by atoms with Gasteiger partial charge in [0, 0.05) is 37.3 Å². The number of nitriles is 1. The number of amides is 1. The van der Waals surface area contributed by atoms with E-state index in [1.165, 1.54) is 6.07 Å². The van der Waals surface area contributed by atoms with Crippen LogP contribution in [0.2, 0.25) is 0 Å². The molecule has 0 radical (unpaired) electrons. The highest BCUT2D eigenvalue weighted by molar-refractivity contribution is 9.10. The summed E-state index contributed by atoms with van der Waals surface area (Å²) in [6.07, 6.45) is 8.00. The van der Waals surface area contributed by atoms with Crippen LogP contribution in [0.5, 0.6) is 0 Å². The molecule has 1 unspecified atom stereocenters. The Balaban J connectivity index is 2.27. The number of hydrogen-bond donors (Lipinski definition) is 4. The van der Waals surface area contributed by atoms with Gasteiger partial charge in [-0.05, 0) is 67.2 Å². The number of non-ortho nitro benzene ring substituents is 1. The van der Waals surface area contributed by atoms with Crippen LogP contribution >= 0.6 is 15.9 Å². The molecule has 4 N–H and O–H groups in total. The first-order chi connectivity index (χ1) is 19.6. The lowest BCUT2D eigenvalue weighted by molar-refractivity contribution is -0.384. The molecular formula is C29H37BrN6O5. The number of nitrogens with zero attached hydrogens (tertiary/aromatic N) is 3. The lowest BCUT2D eigenvalue weighted by Gasteiger charge is -2.24. The molecule has 0 aliphatic heterocycles. The summed E-state index contributed by atoms with van der Waals surface area (Å²) in [6, 6.07) is 9.78. The molecule has 0 aromatic heterocycles. The number of nitro groups is 1. The fourth-order valence-electron chi connectivity index (χ4n) is 4.16. The third-order valence-corrected chi connectivity index (χ3v) is 7.10. The fraction of sp³-hybridized carbons (Fsp3) is 0.414. The minimum atomic E-state index is -1.04. The Kier molecular flexibility index (Phi) is 13.6. The summed E-state index contributed by atoms with van der Waals surface area (Å²) in [5, 5.41) is 33.2. The largest absolute Gasteiger partial charge is 0.481 e. The number of hydrazine groups is 1. The van der Waals surface area contributed by atoms with Crippen LogP contribution in [0, 0.1) is 27.4 Å². The second kappa shape index (κ2) is 16.9. The Hall–Kier alpha value is -4.11. The zero-order valence-corrected chi connectivity index (χ0v) is 25.2. The zero-order chi connectivity index (χ0) is 30.4. The van der Waals surface area contributed by atoms with Crippen molar-refractivity contribution in [3.05, 3.63) is 62.6 Å². The van der Waals surface area contributed by atoms with Gasteiger partial charge in [-0.3, -0.25) is 30.6 Å². The standard InChI is InChI=1S/C29H37BrN6O5/c1-4-7-8-9-10-11-12-20(29(38)39)16-27(37)32-26-18-22(35(5-2)6-3)13-14-25(26)33-34-28-21(19-31)15-23(36(40)41)17-24(28)30/h10-11,13-15,17-18,20,33-34H,4-9,12,16H2,1-3H3,(H,32,37)(H,38,39)/b11-10+. The molecule has 0 aliphatic rings. The number of nitrogens with one attached hydrogen (secondary N) is 3. The Morgan fingerprint density at radius 2 is 1.85 bits per heavy atom. The Morgan fingerprint density at radius 3 is 2.46 bits per heavy atom. The van der Waals surface area contributed by atoms with E-state index in [4.69, 9.17) is 0 Å². The average Bonchev–Trinajstić information content (AvgIpc) is 2.94. The number of carbonyl (C=O) groups is 2. The first-order valence-electron chi connectivity index (χ1n) is 13.6. The molecule has 0 spiro atoms. The van der Waals surface area contributed by atoms with Crippen molar-refractivity contribution in [2.75, 3.05) is 34.2 Å². The molecule has 1 amide bonds. The quantitative estimate of drug-likeness (QED) is 0.0621. The molecule has 11 nitrogen and oxygen atoms in total. The predicted molar refractivity (Wildman–Crippen MR) is 165 cm³/mol. The van der Waals surface area contributed by atoms with E-state index in [1.807, 2.05) is 38.1 Å². The van der Waals surface area contributed by atoms with E-state index in [2.05, 4.69) is 43.9 Å². The first-order valence-corrected chi connectivity index (χ1v) is 14.4. The molecule has 220 valence electrons. The number of carboxylic acids is 1. The highest BCUT2D eigenvalue weighted by atomic mass is 79.9. The summed E-state index contributed by atoms with van der Waals surface area (Å²) < 4.78 is 0.299. The topological polar surface area (TPSA) is 161 Å². The molecule has 0 saturated carbocycles. The van der Waals surface area contributed by atoms with E-state index in [0.29, 0.717) is 15.8 Å². The van der Waals surface area contributed by atoms with Crippen LogP contribution in [-0.2, 0) is 9.59 Å². The van der Waals surface area contributed by atoms with Crippen LogP contribution in [-0.4, -0.2) is 35.0 Å². The second-order valence-electron chi connectivity index (χ2n) is 9.36. The highest BCUT2D eigenvalue weighted by Crippen LogP contribution is 2.33. The van der Waals surface area contributed by atoms with E-state index < -0.39 is 22.7 Å². The second-order valence-corrected chi connectivity index (χ2v) is 10.2. The molecule has 41 heavy (non-hydrogen) atoms. The fourth-order valence-corrected chi connectivity index (χ4v) is 4.71. The first kappa shape index (κ1) is 33.1. The van der Waals surface area contributed by atoms with Crippen molar-refractivity contribution in [2.24, 2.45) is 5.92 Å². The summed E-state index contributed by atoms with van der Waals surface area (Å²) >= 11 is 3.27. The van der Waals surface area contributed by atoms with Crippen LogP contribution in [0.4, 0.5) is 28.4 Å². The molecule has 0 aliphatic carbocycles. The molecule has 0 bridgehead atoms. The van der Waals surface area contributed by atoms with Crippen molar-refractivity contribution in [3.63, 3.8) is 0 Å². The maximum atomic E-state index is 13.0. The lowest BCUT2D eigenvalue weighted by Crippen LogP contribution is -2.24. The van der Waals surface area contributed by atoms with E-state index in [9.17, 15) is 30.1 Å². The third kappa shape index (κ3) is 10.1. The molecule has 0 fully saturated rings. The zero-order valence-electron chi connectivity index (χ0n) is 23.6. The number of halogens is 1.